The summed E-state index contributed by atoms with van der Waals surface area (Å²) in [5.74, 6) is 0. The molecule has 1 aliphatic rings. The number of alkyl halides is 1. The van der Waals surface area contributed by atoms with Gasteiger partial charge in [-0.1, -0.05) is 29.8 Å². The van der Waals surface area contributed by atoms with Gasteiger partial charge in [-0.3, -0.25) is 0 Å². The summed E-state index contributed by atoms with van der Waals surface area (Å²) < 4.78 is 14.0. The van der Waals surface area contributed by atoms with Crippen molar-refractivity contribution < 1.29 is 4.39 Å². The summed E-state index contributed by atoms with van der Waals surface area (Å²) in [6, 6.07) is 7.75. The summed E-state index contributed by atoms with van der Waals surface area (Å²) in [6.45, 7) is 2.95. The Kier molecular flexibility index (Phi) is 2.82. The molecule has 0 saturated carbocycles. The average Bonchev–Trinajstić information content (AvgIpc) is 2.69. The van der Waals surface area contributed by atoms with Gasteiger partial charge in [0.2, 0.25) is 0 Å². The Bertz CT molecular complexity index is 305. The van der Waals surface area contributed by atoms with Crippen molar-refractivity contribution in [2.24, 2.45) is 0 Å². The van der Waals surface area contributed by atoms with Crippen LogP contribution in [0.2, 0.25) is 0 Å². The van der Waals surface area contributed by atoms with E-state index in [0.717, 1.165) is 30.5 Å². The molecule has 1 aromatic carbocycles. The van der Waals surface area contributed by atoms with Crippen molar-refractivity contribution in [3.8, 4) is 0 Å². The summed E-state index contributed by atoms with van der Waals surface area (Å²) in [4.78, 5) is 0. The van der Waals surface area contributed by atoms with E-state index in [2.05, 4.69) is 5.32 Å². The van der Waals surface area contributed by atoms with Gasteiger partial charge in [-0.15, -0.1) is 0 Å². The summed E-state index contributed by atoms with van der Waals surface area (Å²) in [5, 5.41) is 3.20. The van der Waals surface area contributed by atoms with Crippen molar-refractivity contribution in [2.45, 2.75) is 32.0 Å². The predicted octanol–water partition coefficient (Wildman–Crippen LogP) is 2.76. The summed E-state index contributed by atoms with van der Waals surface area (Å²) in [5.41, 5.74) is 1.94. The largest absolute Gasteiger partial charge is 0.311 e. The van der Waals surface area contributed by atoms with Crippen LogP contribution < -0.4 is 5.32 Å². The molecule has 1 aliphatic heterocycles. The molecule has 0 amide bonds. The molecule has 1 heterocycles. The smallest absolute Gasteiger partial charge is 0.140 e. The number of hydrogen-bond acceptors (Lipinski definition) is 1. The zero-order chi connectivity index (χ0) is 9.97. The molecule has 2 rings (SSSR count). The summed E-state index contributed by atoms with van der Waals surface area (Å²) >= 11 is 0. The third-order valence-electron chi connectivity index (χ3n) is 2.81. The molecule has 1 nitrogen and oxygen atoms in total. The molecule has 0 aliphatic carbocycles. The number of benzene rings is 1. The fraction of sp³-hybridized carbons (Fsp3) is 0.500. The van der Waals surface area contributed by atoms with Crippen LogP contribution >= 0.6 is 0 Å². The second-order valence-electron chi connectivity index (χ2n) is 4.02. The monoisotopic (exact) mass is 193 g/mol. The van der Waals surface area contributed by atoms with Gasteiger partial charge >= 0.3 is 0 Å². The first-order chi connectivity index (χ1) is 6.77. The lowest BCUT2D eigenvalue weighted by molar-refractivity contribution is 0.271. The maximum Gasteiger partial charge on any atom is 0.140 e. The van der Waals surface area contributed by atoms with Crippen molar-refractivity contribution in [1.82, 2.24) is 5.32 Å². The Hall–Kier alpha value is -0.890. The fourth-order valence-electron chi connectivity index (χ4n) is 2.04. The third kappa shape index (κ3) is 1.95. The van der Waals surface area contributed by atoms with Gasteiger partial charge < -0.3 is 5.32 Å². The molecular formula is C12H16FN. The van der Waals surface area contributed by atoms with Gasteiger partial charge in [-0.05, 0) is 31.9 Å². The highest BCUT2D eigenvalue weighted by Gasteiger charge is 2.25. The topological polar surface area (TPSA) is 12.0 Å². The molecule has 0 radical (unpaired) electrons. The second kappa shape index (κ2) is 4.09. The number of rotatable bonds is 2. The van der Waals surface area contributed by atoms with Crippen molar-refractivity contribution in [2.75, 3.05) is 6.54 Å². The van der Waals surface area contributed by atoms with Crippen molar-refractivity contribution in [3.05, 3.63) is 35.4 Å². The van der Waals surface area contributed by atoms with E-state index in [9.17, 15) is 4.39 Å². The second-order valence-corrected chi connectivity index (χ2v) is 4.02. The molecule has 0 spiro atoms. The zero-order valence-corrected chi connectivity index (χ0v) is 8.46. The molecule has 2 unspecified atom stereocenters. The van der Waals surface area contributed by atoms with E-state index in [4.69, 9.17) is 0 Å². The molecule has 14 heavy (non-hydrogen) atoms. The molecular weight excluding hydrogens is 177 g/mol. The molecule has 0 bridgehead atoms. The van der Waals surface area contributed by atoms with Crippen LogP contribution in [0, 0.1) is 6.92 Å². The maximum absolute atomic E-state index is 14.0. The van der Waals surface area contributed by atoms with Crippen LogP contribution in [-0.2, 0) is 0 Å². The van der Waals surface area contributed by atoms with Crippen LogP contribution in [0.1, 0.15) is 30.1 Å². The van der Waals surface area contributed by atoms with E-state index < -0.39 is 6.17 Å². The maximum atomic E-state index is 14.0. The Labute approximate surface area is 84.3 Å². The van der Waals surface area contributed by atoms with E-state index in [0.29, 0.717) is 0 Å². The van der Waals surface area contributed by atoms with Crippen LogP contribution in [0.5, 0.6) is 0 Å². The molecule has 2 heteroatoms. The Morgan fingerprint density at radius 2 is 2.36 bits per heavy atom. The van der Waals surface area contributed by atoms with Crippen LogP contribution in [0.3, 0.4) is 0 Å². The van der Waals surface area contributed by atoms with E-state index in [1.165, 1.54) is 0 Å². The summed E-state index contributed by atoms with van der Waals surface area (Å²) in [7, 11) is 0. The molecule has 1 saturated heterocycles. The highest BCUT2D eigenvalue weighted by atomic mass is 19.1. The van der Waals surface area contributed by atoms with Crippen LogP contribution in [0.15, 0.2) is 24.3 Å². The molecule has 76 valence electrons. The predicted molar refractivity (Wildman–Crippen MR) is 56.1 cm³/mol. The van der Waals surface area contributed by atoms with Gasteiger partial charge in [-0.25, -0.2) is 4.39 Å². The normalized spacial score (nSPS) is 23.7. The van der Waals surface area contributed by atoms with Crippen molar-refractivity contribution in [3.63, 3.8) is 0 Å². The van der Waals surface area contributed by atoms with Gasteiger partial charge in [0, 0.05) is 6.04 Å². The third-order valence-corrected chi connectivity index (χ3v) is 2.81. The average molecular weight is 193 g/mol. The quantitative estimate of drug-likeness (QED) is 0.761. The van der Waals surface area contributed by atoms with E-state index in [1.54, 1.807) is 0 Å². The van der Waals surface area contributed by atoms with Gasteiger partial charge in [0.05, 0.1) is 0 Å². The highest BCUT2D eigenvalue weighted by Crippen LogP contribution is 2.26. The van der Waals surface area contributed by atoms with E-state index in [-0.39, 0.29) is 6.04 Å². The fourth-order valence-corrected chi connectivity index (χ4v) is 2.04. The lowest BCUT2D eigenvalue weighted by atomic mass is 10.0. The first kappa shape index (κ1) is 9.66. The first-order valence-electron chi connectivity index (χ1n) is 5.21. The molecule has 2 atom stereocenters. The standard InChI is InChI=1S/C12H16FN/c1-9-4-2-5-10(8-9)12(13)11-6-3-7-14-11/h2,4-5,8,11-12,14H,3,6-7H2,1H3. The van der Waals surface area contributed by atoms with Gasteiger partial charge in [0.1, 0.15) is 6.17 Å². The Morgan fingerprint density at radius 1 is 1.50 bits per heavy atom. The van der Waals surface area contributed by atoms with Crippen LogP contribution in [0.4, 0.5) is 4.39 Å². The van der Waals surface area contributed by atoms with Crippen LogP contribution in [0.25, 0.3) is 0 Å². The molecule has 0 aromatic heterocycles. The number of halogens is 1. The van der Waals surface area contributed by atoms with Crippen molar-refractivity contribution >= 4 is 0 Å². The Morgan fingerprint density at radius 3 is 3.00 bits per heavy atom. The highest BCUT2D eigenvalue weighted by molar-refractivity contribution is 5.25. The molecule has 1 N–H and O–H groups in total. The minimum atomic E-state index is -0.850. The van der Waals surface area contributed by atoms with Crippen LogP contribution in [-0.4, -0.2) is 12.6 Å². The number of nitrogens with one attached hydrogen (secondary N) is 1. The van der Waals surface area contributed by atoms with Gasteiger partial charge in [-0.2, -0.15) is 0 Å². The minimum Gasteiger partial charge on any atom is -0.311 e. The lowest BCUT2D eigenvalue weighted by Crippen LogP contribution is -2.26. The van der Waals surface area contributed by atoms with Crippen molar-refractivity contribution in [1.29, 1.82) is 0 Å². The molecule has 1 aromatic rings. The number of aryl methyl sites for hydroxylation is 1. The summed E-state index contributed by atoms with van der Waals surface area (Å²) in [6.07, 6.45) is 1.20. The number of hydrogen-bond donors (Lipinski definition) is 1. The zero-order valence-electron chi connectivity index (χ0n) is 8.46. The molecule has 1 fully saturated rings. The van der Waals surface area contributed by atoms with Gasteiger partial charge in [0.25, 0.3) is 0 Å². The van der Waals surface area contributed by atoms with Gasteiger partial charge in [0.15, 0.2) is 0 Å². The lowest BCUT2D eigenvalue weighted by Gasteiger charge is -2.16. The Balaban J connectivity index is 2.13. The minimum absolute atomic E-state index is 0.0248. The van der Waals surface area contributed by atoms with E-state index >= 15 is 0 Å². The SMILES string of the molecule is Cc1cccc(C(F)C2CCCN2)c1. The first-order valence-corrected chi connectivity index (χ1v) is 5.21. The van der Waals surface area contributed by atoms with E-state index in [1.807, 2.05) is 31.2 Å².